The zero-order valence-corrected chi connectivity index (χ0v) is 22.2. The smallest absolute Gasteiger partial charge is 0.0659 e. The maximum Gasteiger partial charge on any atom is 0.0659 e. The lowest BCUT2D eigenvalue weighted by Crippen LogP contribution is -2.60. The number of allylic oxidation sites excluding steroid dienone is 1. The molecule has 3 heteroatoms. The first-order chi connectivity index (χ1) is 15.4. The lowest BCUT2D eigenvalue weighted by Gasteiger charge is -2.61. The van der Waals surface area contributed by atoms with Crippen LogP contribution in [0.4, 0.5) is 0 Å². The molecule has 0 aromatic carbocycles. The van der Waals surface area contributed by atoms with E-state index in [1.807, 2.05) is 0 Å². The largest absolute Gasteiger partial charge is 0.393 e. The maximum absolute atomic E-state index is 11.7. The molecule has 4 saturated carbocycles. The summed E-state index contributed by atoms with van der Waals surface area (Å²) >= 11 is 0. The van der Waals surface area contributed by atoms with Crippen LogP contribution in [0, 0.1) is 63.6 Å². The second-order valence-electron chi connectivity index (χ2n) is 14.3. The van der Waals surface area contributed by atoms with Crippen LogP contribution in [0.15, 0.2) is 11.6 Å². The van der Waals surface area contributed by atoms with Gasteiger partial charge in [-0.05, 0) is 96.7 Å². The van der Waals surface area contributed by atoms with Gasteiger partial charge in [0.15, 0.2) is 0 Å². The number of hydrogen-bond acceptors (Lipinski definition) is 3. The standard InChI is InChI=1S/C30H50O3/c1-16(2)18(4)28(5)14-24(28)17(3)22-10-11-23-21-9-8-19-12-20(31)13-26(33)30(19,7)27(21)25(32)15-29(22,23)6/h8,16-18,20-27,31-33H,9-15H2,1-7H3/t17-,18-,20+,21-,22+,23+,24+,25+,26-,27+,28-,29+,30+/m0/s1. The van der Waals surface area contributed by atoms with Crippen molar-refractivity contribution in [2.45, 2.75) is 112 Å². The molecule has 3 nitrogen and oxygen atoms in total. The average molecular weight is 459 g/mol. The molecule has 0 aliphatic heterocycles. The number of aliphatic hydroxyl groups excluding tert-OH is 3. The number of rotatable bonds is 4. The van der Waals surface area contributed by atoms with Gasteiger partial charge in [0.25, 0.3) is 0 Å². The molecule has 3 N–H and O–H groups in total. The highest BCUT2D eigenvalue weighted by Crippen LogP contribution is 2.71. The zero-order chi connectivity index (χ0) is 24.1. The van der Waals surface area contributed by atoms with Crippen LogP contribution in [0.1, 0.15) is 93.4 Å². The molecule has 33 heavy (non-hydrogen) atoms. The van der Waals surface area contributed by atoms with E-state index in [0.29, 0.717) is 36.0 Å². The molecule has 0 unspecified atom stereocenters. The van der Waals surface area contributed by atoms with Crippen molar-refractivity contribution in [3.8, 4) is 0 Å². The van der Waals surface area contributed by atoms with Gasteiger partial charge in [-0.25, -0.2) is 0 Å². The molecule has 188 valence electrons. The fourth-order valence-corrected chi connectivity index (χ4v) is 10.5. The molecule has 0 bridgehead atoms. The predicted octanol–water partition coefficient (Wildman–Crippen LogP) is 5.82. The minimum Gasteiger partial charge on any atom is -0.393 e. The molecule has 0 aromatic rings. The molecular formula is C30H50O3. The molecule has 0 amide bonds. The molecule has 0 spiro atoms. The minimum atomic E-state index is -0.555. The van der Waals surface area contributed by atoms with E-state index in [4.69, 9.17) is 0 Å². The first-order valence-corrected chi connectivity index (χ1v) is 14.1. The van der Waals surface area contributed by atoms with Crippen LogP contribution in [0.2, 0.25) is 0 Å². The van der Waals surface area contributed by atoms with Crippen molar-refractivity contribution in [1.29, 1.82) is 0 Å². The molecule has 0 aromatic heterocycles. The summed E-state index contributed by atoms with van der Waals surface area (Å²) in [6.07, 6.45) is 7.95. The molecule has 13 atom stereocenters. The van der Waals surface area contributed by atoms with E-state index in [2.05, 4.69) is 54.5 Å². The van der Waals surface area contributed by atoms with Gasteiger partial charge in [-0.2, -0.15) is 0 Å². The van der Waals surface area contributed by atoms with Crippen molar-refractivity contribution in [3.63, 3.8) is 0 Å². The summed E-state index contributed by atoms with van der Waals surface area (Å²) in [7, 11) is 0. The molecule has 0 heterocycles. The van der Waals surface area contributed by atoms with Crippen molar-refractivity contribution in [1.82, 2.24) is 0 Å². The van der Waals surface area contributed by atoms with E-state index in [1.54, 1.807) is 0 Å². The Balaban J connectivity index is 1.41. The fraction of sp³-hybridized carbons (Fsp3) is 0.933. The van der Waals surface area contributed by atoms with Crippen LogP contribution in [-0.4, -0.2) is 33.6 Å². The van der Waals surface area contributed by atoms with E-state index in [1.165, 1.54) is 24.8 Å². The van der Waals surface area contributed by atoms with Crippen LogP contribution in [0.5, 0.6) is 0 Å². The van der Waals surface area contributed by atoms with Crippen LogP contribution in [-0.2, 0) is 0 Å². The van der Waals surface area contributed by atoms with Gasteiger partial charge in [0.2, 0.25) is 0 Å². The van der Waals surface area contributed by atoms with Gasteiger partial charge in [0.1, 0.15) is 0 Å². The zero-order valence-electron chi connectivity index (χ0n) is 22.2. The summed E-state index contributed by atoms with van der Waals surface area (Å²) < 4.78 is 0. The van der Waals surface area contributed by atoms with Crippen molar-refractivity contribution in [2.24, 2.45) is 63.6 Å². The van der Waals surface area contributed by atoms with E-state index in [9.17, 15) is 15.3 Å². The summed E-state index contributed by atoms with van der Waals surface area (Å²) in [6, 6.07) is 0. The Hall–Kier alpha value is -0.380. The van der Waals surface area contributed by atoms with Gasteiger partial charge in [-0.1, -0.05) is 60.1 Å². The van der Waals surface area contributed by atoms with Crippen LogP contribution in [0.25, 0.3) is 0 Å². The monoisotopic (exact) mass is 458 g/mol. The van der Waals surface area contributed by atoms with Crippen molar-refractivity contribution >= 4 is 0 Å². The summed E-state index contributed by atoms with van der Waals surface area (Å²) in [4.78, 5) is 0. The Bertz CT molecular complexity index is 804. The lowest BCUT2D eigenvalue weighted by atomic mass is 9.45. The summed E-state index contributed by atoms with van der Waals surface area (Å²) in [5, 5.41) is 33.2. The number of hydrogen-bond donors (Lipinski definition) is 3. The minimum absolute atomic E-state index is 0.124. The summed E-state index contributed by atoms with van der Waals surface area (Å²) in [6.45, 7) is 17.0. The normalized spacial score (nSPS) is 55.3. The molecule has 0 radical (unpaired) electrons. The highest BCUT2D eigenvalue weighted by atomic mass is 16.3. The van der Waals surface area contributed by atoms with Crippen LogP contribution < -0.4 is 0 Å². The van der Waals surface area contributed by atoms with Crippen LogP contribution in [0.3, 0.4) is 0 Å². The lowest BCUT2D eigenvalue weighted by molar-refractivity contribution is -0.160. The van der Waals surface area contributed by atoms with E-state index >= 15 is 0 Å². The third-order valence-corrected chi connectivity index (χ3v) is 12.8. The van der Waals surface area contributed by atoms with Gasteiger partial charge >= 0.3 is 0 Å². The summed E-state index contributed by atoms with van der Waals surface area (Å²) in [5.41, 5.74) is 1.51. The molecule has 4 fully saturated rings. The average Bonchev–Trinajstić information content (AvgIpc) is 3.30. The Labute approximate surface area is 202 Å². The maximum atomic E-state index is 11.7. The van der Waals surface area contributed by atoms with Crippen molar-refractivity contribution in [2.75, 3.05) is 0 Å². The fourth-order valence-electron chi connectivity index (χ4n) is 10.5. The topological polar surface area (TPSA) is 60.7 Å². The first kappa shape index (κ1) is 24.3. The van der Waals surface area contributed by atoms with Crippen LogP contribution >= 0.6 is 0 Å². The van der Waals surface area contributed by atoms with Gasteiger partial charge < -0.3 is 15.3 Å². The van der Waals surface area contributed by atoms with Gasteiger partial charge in [-0.15, -0.1) is 0 Å². The molecule has 5 aliphatic rings. The van der Waals surface area contributed by atoms with Gasteiger partial charge in [0.05, 0.1) is 18.3 Å². The van der Waals surface area contributed by atoms with E-state index in [0.717, 1.165) is 36.5 Å². The van der Waals surface area contributed by atoms with E-state index < -0.39 is 12.2 Å². The van der Waals surface area contributed by atoms with E-state index in [-0.39, 0.29) is 22.9 Å². The Morgan fingerprint density at radius 2 is 1.64 bits per heavy atom. The number of aliphatic hydroxyl groups is 3. The number of fused-ring (bicyclic) bond motifs is 5. The second kappa shape index (κ2) is 7.81. The predicted molar refractivity (Wildman–Crippen MR) is 133 cm³/mol. The Morgan fingerprint density at radius 1 is 0.939 bits per heavy atom. The Kier molecular flexibility index (Phi) is 5.75. The third-order valence-electron chi connectivity index (χ3n) is 12.8. The SMILES string of the molecule is CC(C)[C@H](C)[C@]1(C)C[C@@H]1[C@@H](C)[C@H]1CC[C@@H]2[C@@H]3CC=C4C[C@@H](O)C[C@H](O)[C@]4(C)[C@H]3[C@H](O)C[C@]12C. The first-order valence-electron chi connectivity index (χ1n) is 14.1. The molecular weight excluding hydrogens is 408 g/mol. The van der Waals surface area contributed by atoms with Crippen molar-refractivity contribution in [3.05, 3.63) is 11.6 Å². The van der Waals surface area contributed by atoms with Gasteiger partial charge in [-0.3, -0.25) is 0 Å². The quantitative estimate of drug-likeness (QED) is 0.465. The molecule has 5 aliphatic carbocycles. The summed E-state index contributed by atoms with van der Waals surface area (Å²) in [5.74, 6) is 4.95. The Morgan fingerprint density at radius 3 is 2.30 bits per heavy atom. The van der Waals surface area contributed by atoms with Gasteiger partial charge in [0, 0.05) is 11.8 Å². The highest BCUT2D eigenvalue weighted by molar-refractivity contribution is 5.29. The highest BCUT2D eigenvalue weighted by Gasteiger charge is 2.66. The van der Waals surface area contributed by atoms with Crippen molar-refractivity contribution < 1.29 is 15.3 Å². The molecule has 0 saturated heterocycles. The second-order valence-corrected chi connectivity index (χ2v) is 14.3. The third kappa shape index (κ3) is 3.30. The molecule has 5 rings (SSSR count).